The Morgan fingerprint density at radius 3 is 2.87 bits per heavy atom. The molecule has 0 aromatic carbocycles. The molecule has 1 aliphatic rings. The number of thioether (sulfide) groups is 1. The molecular formula is C11H23NO2S. The predicted octanol–water partition coefficient (Wildman–Crippen LogP) is 1.21. The van der Waals surface area contributed by atoms with Crippen molar-refractivity contribution in [1.82, 2.24) is 4.90 Å². The standard InChI is InChI=1S/C11H23NO2S/c1-9-5-12(6-10(13)7-15-4)11(2,3)8-14-9/h9-10,13H,5-8H2,1-4H3. The monoisotopic (exact) mass is 233 g/mol. The van der Waals surface area contributed by atoms with Crippen molar-refractivity contribution in [1.29, 1.82) is 0 Å². The van der Waals surface area contributed by atoms with Crippen molar-refractivity contribution >= 4 is 11.8 Å². The molecule has 1 rings (SSSR count). The molecule has 1 N–H and O–H groups in total. The molecule has 0 amide bonds. The lowest BCUT2D eigenvalue weighted by Crippen LogP contribution is -2.57. The van der Waals surface area contributed by atoms with E-state index in [0.29, 0.717) is 0 Å². The summed E-state index contributed by atoms with van der Waals surface area (Å²) < 4.78 is 5.64. The van der Waals surface area contributed by atoms with Crippen LogP contribution in [0.4, 0.5) is 0 Å². The third-order valence-electron chi connectivity index (χ3n) is 2.84. The SMILES string of the molecule is CSCC(O)CN1CC(C)OCC1(C)C. The second-order valence-corrected chi connectivity index (χ2v) is 5.86. The molecule has 1 aliphatic heterocycles. The van der Waals surface area contributed by atoms with Gasteiger partial charge in [0.2, 0.25) is 0 Å². The molecular weight excluding hydrogens is 210 g/mol. The van der Waals surface area contributed by atoms with Gasteiger partial charge >= 0.3 is 0 Å². The van der Waals surface area contributed by atoms with Crippen molar-refractivity contribution < 1.29 is 9.84 Å². The summed E-state index contributed by atoms with van der Waals surface area (Å²) in [4.78, 5) is 2.34. The number of β-amino-alcohol motifs (C(OH)–C–C–N with tert-alkyl or cyclic N) is 1. The molecule has 1 fully saturated rings. The quantitative estimate of drug-likeness (QED) is 0.791. The van der Waals surface area contributed by atoms with E-state index in [-0.39, 0.29) is 17.7 Å². The van der Waals surface area contributed by atoms with E-state index in [0.717, 1.165) is 25.4 Å². The van der Waals surface area contributed by atoms with Crippen molar-refractivity contribution in [3.63, 3.8) is 0 Å². The van der Waals surface area contributed by atoms with Crippen LogP contribution in [0.1, 0.15) is 20.8 Å². The van der Waals surface area contributed by atoms with E-state index in [4.69, 9.17) is 4.74 Å². The molecule has 4 heteroatoms. The zero-order valence-corrected chi connectivity index (χ0v) is 11.0. The van der Waals surface area contributed by atoms with E-state index < -0.39 is 0 Å². The molecule has 0 spiro atoms. The molecule has 0 aromatic heterocycles. The van der Waals surface area contributed by atoms with Crippen LogP contribution in [0.3, 0.4) is 0 Å². The average molecular weight is 233 g/mol. The minimum absolute atomic E-state index is 0.0475. The van der Waals surface area contributed by atoms with Gasteiger partial charge in [-0.15, -0.1) is 0 Å². The Morgan fingerprint density at radius 1 is 1.60 bits per heavy atom. The van der Waals surface area contributed by atoms with Crippen LogP contribution in [0.2, 0.25) is 0 Å². The molecule has 1 saturated heterocycles. The van der Waals surface area contributed by atoms with Crippen LogP contribution in [0.15, 0.2) is 0 Å². The Balaban J connectivity index is 2.49. The number of morpholine rings is 1. The van der Waals surface area contributed by atoms with Gasteiger partial charge in [-0.05, 0) is 27.0 Å². The molecule has 0 aromatic rings. The number of aliphatic hydroxyl groups excluding tert-OH is 1. The first kappa shape index (κ1) is 13.3. The van der Waals surface area contributed by atoms with Crippen molar-refractivity contribution in [2.24, 2.45) is 0 Å². The van der Waals surface area contributed by atoms with E-state index in [2.05, 4.69) is 25.7 Å². The first-order valence-electron chi connectivity index (χ1n) is 5.49. The molecule has 2 unspecified atom stereocenters. The molecule has 90 valence electrons. The number of ether oxygens (including phenoxy) is 1. The van der Waals surface area contributed by atoms with Crippen molar-refractivity contribution in [3.8, 4) is 0 Å². The van der Waals surface area contributed by atoms with Gasteiger partial charge in [0.05, 0.1) is 18.8 Å². The third-order valence-corrected chi connectivity index (χ3v) is 3.56. The number of nitrogens with zero attached hydrogens (tertiary/aromatic N) is 1. The summed E-state index contributed by atoms with van der Waals surface area (Å²) in [5, 5.41) is 9.82. The molecule has 2 atom stereocenters. The van der Waals surface area contributed by atoms with Gasteiger partial charge in [0, 0.05) is 24.4 Å². The number of rotatable bonds is 4. The normalized spacial score (nSPS) is 29.0. The van der Waals surface area contributed by atoms with Crippen LogP contribution >= 0.6 is 11.8 Å². The van der Waals surface area contributed by atoms with Gasteiger partial charge in [0.1, 0.15) is 0 Å². The van der Waals surface area contributed by atoms with E-state index in [1.807, 2.05) is 6.26 Å². The van der Waals surface area contributed by atoms with Gasteiger partial charge in [-0.1, -0.05) is 0 Å². The summed E-state index contributed by atoms with van der Waals surface area (Å²) in [5.74, 6) is 0.807. The Kier molecular flexibility index (Phi) is 4.90. The second kappa shape index (κ2) is 5.53. The first-order chi connectivity index (χ1) is 6.95. The molecule has 0 radical (unpaired) electrons. The fraction of sp³-hybridized carbons (Fsp3) is 1.00. The first-order valence-corrected chi connectivity index (χ1v) is 6.89. The summed E-state index contributed by atoms with van der Waals surface area (Å²) in [6, 6.07) is 0. The Bertz CT molecular complexity index is 199. The fourth-order valence-electron chi connectivity index (χ4n) is 1.87. The lowest BCUT2D eigenvalue weighted by Gasteiger charge is -2.45. The zero-order valence-electron chi connectivity index (χ0n) is 10.2. The highest BCUT2D eigenvalue weighted by molar-refractivity contribution is 7.98. The Hall–Kier alpha value is 0.230. The maximum absolute atomic E-state index is 9.82. The minimum atomic E-state index is -0.232. The van der Waals surface area contributed by atoms with Crippen LogP contribution in [-0.2, 0) is 4.74 Å². The van der Waals surface area contributed by atoms with E-state index >= 15 is 0 Å². The van der Waals surface area contributed by atoms with Crippen LogP contribution in [0.5, 0.6) is 0 Å². The van der Waals surface area contributed by atoms with Gasteiger partial charge in [0.15, 0.2) is 0 Å². The van der Waals surface area contributed by atoms with Crippen LogP contribution in [0, 0.1) is 0 Å². The van der Waals surface area contributed by atoms with Crippen LogP contribution < -0.4 is 0 Å². The lowest BCUT2D eigenvalue weighted by atomic mass is 10.0. The maximum atomic E-state index is 9.82. The largest absolute Gasteiger partial charge is 0.391 e. The summed E-state index contributed by atoms with van der Waals surface area (Å²) in [5.41, 5.74) is 0.0475. The van der Waals surface area contributed by atoms with Gasteiger partial charge in [-0.25, -0.2) is 0 Å². The Labute approximate surface area is 97.2 Å². The van der Waals surface area contributed by atoms with Crippen molar-refractivity contribution in [2.75, 3.05) is 31.7 Å². The lowest BCUT2D eigenvalue weighted by molar-refractivity contribution is -0.100. The molecule has 0 aliphatic carbocycles. The summed E-state index contributed by atoms with van der Waals surface area (Å²) >= 11 is 1.69. The highest BCUT2D eigenvalue weighted by Gasteiger charge is 2.34. The number of aliphatic hydroxyl groups is 1. The van der Waals surface area contributed by atoms with E-state index in [9.17, 15) is 5.11 Å². The molecule has 15 heavy (non-hydrogen) atoms. The Morgan fingerprint density at radius 2 is 2.27 bits per heavy atom. The highest BCUT2D eigenvalue weighted by Crippen LogP contribution is 2.22. The smallest absolute Gasteiger partial charge is 0.0757 e. The number of hydrogen-bond acceptors (Lipinski definition) is 4. The highest BCUT2D eigenvalue weighted by atomic mass is 32.2. The maximum Gasteiger partial charge on any atom is 0.0757 e. The summed E-state index contributed by atoms with van der Waals surface area (Å²) in [7, 11) is 0. The molecule has 1 heterocycles. The topological polar surface area (TPSA) is 32.7 Å². The molecule has 3 nitrogen and oxygen atoms in total. The van der Waals surface area contributed by atoms with Gasteiger partial charge < -0.3 is 9.84 Å². The van der Waals surface area contributed by atoms with Crippen molar-refractivity contribution in [3.05, 3.63) is 0 Å². The van der Waals surface area contributed by atoms with Gasteiger partial charge in [-0.3, -0.25) is 4.90 Å². The van der Waals surface area contributed by atoms with Gasteiger partial charge in [-0.2, -0.15) is 11.8 Å². The predicted molar refractivity (Wildman–Crippen MR) is 65.5 cm³/mol. The van der Waals surface area contributed by atoms with Gasteiger partial charge in [0.25, 0.3) is 0 Å². The molecule has 0 saturated carbocycles. The fourth-order valence-corrected chi connectivity index (χ4v) is 2.36. The van der Waals surface area contributed by atoms with E-state index in [1.54, 1.807) is 11.8 Å². The van der Waals surface area contributed by atoms with Crippen LogP contribution in [0.25, 0.3) is 0 Å². The minimum Gasteiger partial charge on any atom is -0.391 e. The zero-order chi connectivity index (χ0) is 11.5. The average Bonchev–Trinajstić information content (AvgIpc) is 2.12. The third kappa shape index (κ3) is 3.94. The van der Waals surface area contributed by atoms with Crippen LogP contribution in [-0.4, -0.2) is 59.5 Å². The molecule has 0 bridgehead atoms. The van der Waals surface area contributed by atoms with E-state index in [1.165, 1.54) is 0 Å². The van der Waals surface area contributed by atoms with Crippen molar-refractivity contribution in [2.45, 2.75) is 38.5 Å². The number of hydrogen-bond donors (Lipinski definition) is 1. The summed E-state index contributed by atoms with van der Waals surface area (Å²) in [6.07, 6.45) is 2.07. The summed E-state index contributed by atoms with van der Waals surface area (Å²) in [6.45, 7) is 8.85. The second-order valence-electron chi connectivity index (χ2n) is 4.95.